The zero-order chi connectivity index (χ0) is 18.7. The van der Waals surface area contributed by atoms with Crippen molar-refractivity contribution < 1.29 is 0 Å². The third kappa shape index (κ3) is 5.04. The minimum Gasteiger partial charge on any atom is -0.0651 e. The Kier molecular flexibility index (Phi) is 7.90. The Labute approximate surface area is 159 Å². The smallest absolute Gasteiger partial charge is 0.0350 e. The molecule has 0 aromatic rings. The third-order valence-corrected chi connectivity index (χ3v) is 8.52. The van der Waals surface area contributed by atoms with Crippen LogP contribution in [0.1, 0.15) is 100 Å². The highest BCUT2D eigenvalue weighted by atomic mass is 14.5. The summed E-state index contributed by atoms with van der Waals surface area (Å²) in [5.41, 5.74) is 0. The van der Waals surface area contributed by atoms with Gasteiger partial charge >= 0.3 is 0 Å². The van der Waals surface area contributed by atoms with Crippen LogP contribution >= 0.6 is 0 Å². The van der Waals surface area contributed by atoms with Crippen molar-refractivity contribution >= 4 is 0 Å². The Morgan fingerprint density at radius 3 is 1.52 bits per heavy atom. The fraction of sp³-hybridized carbons (Fsp3) is 1.00. The van der Waals surface area contributed by atoms with Crippen LogP contribution in [0.3, 0.4) is 0 Å². The Balaban J connectivity index is 2.21. The number of rotatable bonds is 6. The van der Waals surface area contributed by atoms with Gasteiger partial charge in [0, 0.05) is 0 Å². The van der Waals surface area contributed by atoms with E-state index in [-0.39, 0.29) is 0 Å². The van der Waals surface area contributed by atoms with Crippen LogP contribution in [0, 0.1) is 59.2 Å². The van der Waals surface area contributed by atoms with E-state index in [1.54, 1.807) is 0 Å². The van der Waals surface area contributed by atoms with E-state index in [2.05, 4.69) is 55.4 Å². The summed E-state index contributed by atoms with van der Waals surface area (Å²) in [6, 6.07) is 0. The average molecular weight is 349 g/mol. The van der Waals surface area contributed by atoms with Gasteiger partial charge in [-0.2, -0.15) is 0 Å². The van der Waals surface area contributed by atoms with Crippen LogP contribution < -0.4 is 0 Å². The van der Waals surface area contributed by atoms with Gasteiger partial charge in [0.15, 0.2) is 0 Å². The van der Waals surface area contributed by atoms with Gasteiger partial charge in [0.2, 0.25) is 0 Å². The molecule has 2 aliphatic rings. The molecule has 25 heavy (non-hydrogen) atoms. The summed E-state index contributed by atoms with van der Waals surface area (Å²) < 4.78 is 0. The third-order valence-electron chi connectivity index (χ3n) is 8.52. The normalized spacial score (nSPS) is 39.6. The summed E-state index contributed by atoms with van der Waals surface area (Å²) >= 11 is 0. The summed E-state index contributed by atoms with van der Waals surface area (Å²) in [4.78, 5) is 0. The molecule has 0 heterocycles. The van der Waals surface area contributed by atoms with Crippen molar-refractivity contribution in [2.24, 2.45) is 59.2 Å². The predicted molar refractivity (Wildman–Crippen MR) is 113 cm³/mol. The first-order chi connectivity index (χ1) is 11.8. The van der Waals surface area contributed by atoms with Crippen LogP contribution in [-0.4, -0.2) is 0 Å². The topological polar surface area (TPSA) is 0 Å². The second-order valence-electron chi connectivity index (χ2n) is 10.9. The van der Waals surface area contributed by atoms with Gasteiger partial charge in [0.1, 0.15) is 0 Å². The molecular weight excluding hydrogens is 300 g/mol. The zero-order valence-corrected chi connectivity index (χ0v) is 18.7. The van der Waals surface area contributed by atoms with E-state index in [9.17, 15) is 0 Å². The quantitative estimate of drug-likeness (QED) is 0.455. The molecule has 0 aromatic heterocycles. The first kappa shape index (κ1) is 21.3. The van der Waals surface area contributed by atoms with E-state index in [4.69, 9.17) is 0 Å². The highest BCUT2D eigenvalue weighted by Crippen LogP contribution is 2.50. The van der Waals surface area contributed by atoms with Gasteiger partial charge in [-0.05, 0) is 84.9 Å². The molecule has 8 unspecified atom stereocenters. The maximum absolute atomic E-state index is 2.66. The lowest BCUT2D eigenvalue weighted by Crippen LogP contribution is -2.41. The highest BCUT2D eigenvalue weighted by molar-refractivity contribution is 4.91. The van der Waals surface area contributed by atoms with E-state index in [0.717, 1.165) is 59.2 Å². The van der Waals surface area contributed by atoms with E-state index >= 15 is 0 Å². The van der Waals surface area contributed by atoms with Gasteiger partial charge < -0.3 is 0 Å². The van der Waals surface area contributed by atoms with Crippen molar-refractivity contribution in [1.82, 2.24) is 0 Å². The first-order valence-electron chi connectivity index (χ1n) is 11.8. The van der Waals surface area contributed by atoms with Gasteiger partial charge in [0.05, 0.1) is 0 Å². The molecule has 2 aliphatic carbocycles. The van der Waals surface area contributed by atoms with Crippen LogP contribution in [0.15, 0.2) is 0 Å². The monoisotopic (exact) mass is 348 g/mol. The second-order valence-corrected chi connectivity index (χ2v) is 10.9. The van der Waals surface area contributed by atoms with Gasteiger partial charge in [-0.1, -0.05) is 74.7 Å². The van der Waals surface area contributed by atoms with E-state index in [0.29, 0.717) is 0 Å². The molecule has 0 amide bonds. The molecule has 0 aromatic carbocycles. The maximum atomic E-state index is 2.66. The maximum Gasteiger partial charge on any atom is -0.0350 e. The molecule has 0 saturated heterocycles. The van der Waals surface area contributed by atoms with Crippen molar-refractivity contribution in [1.29, 1.82) is 0 Å². The zero-order valence-electron chi connectivity index (χ0n) is 18.7. The average Bonchev–Trinajstić information content (AvgIpc) is 2.54. The number of hydrogen-bond donors (Lipinski definition) is 0. The van der Waals surface area contributed by atoms with E-state index in [1.165, 1.54) is 44.9 Å². The second kappa shape index (κ2) is 9.27. The summed E-state index contributed by atoms with van der Waals surface area (Å²) in [6.45, 7) is 20.1. The van der Waals surface area contributed by atoms with Crippen LogP contribution in [0.2, 0.25) is 0 Å². The minimum atomic E-state index is 0.864. The molecule has 0 radical (unpaired) electrons. The predicted octanol–water partition coefficient (Wildman–Crippen LogP) is 8.07. The van der Waals surface area contributed by atoms with Crippen molar-refractivity contribution in [2.75, 3.05) is 0 Å². The Hall–Kier alpha value is 0. The highest BCUT2D eigenvalue weighted by Gasteiger charge is 2.42. The minimum absolute atomic E-state index is 0.864. The van der Waals surface area contributed by atoms with Gasteiger partial charge in [-0.15, -0.1) is 0 Å². The largest absolute Gasteiger partial charge is 0.0651 e. The lowest BCUT2D eigenvalue weighted by Gasteiger charge is -2.48. The Bertz CT molecular complexity index is 381. The molecule has 0 N–H and O–H groups in total. The number of hydrogen-bond acceptors (Lipinski definition) is 0. The molecule has 0 bridgehead atoms. The van der Waals surface area contributed by atoms with Gasteiger partial charge in [-0.25, -0.2) is 0 Å². The van der Waals surface area contributed by atoms with E-state index in [1.807, 2.05) is 0 Å². The lowest BCUT2D eigenvalue weighted by molar-refractivity contribution is 0.00779. The standard InChI is InChI=1S/C25H48/c1-9-21(25-15-19(7)11-13-23(25)17(4)5)20(8)24-14-18(6)10-12-22(24)16(2)3/h16-25H,9-15H2,1-8H3. The van der Waals surface area contributed by atoms with Crippen molar-refractivity contribution in [3.05, 3.63) is 0 Å². The molecule has 2 fully saturated rings. The Morgan fingerprint density at radius 1 is 0.640 bits per heavy atom. The van der Waals surface area contributed by atoms with Gasteiger partial charge in [-0.3, -0.25) is 0 Å². The SMILES string of the molecule is CCC(C(C)C1CC(C)CCC1C(C)C)C1CC(C)CCC1C(C)C. The van der Waals surface area contributed by atoms with Crippen LogP contribution in [0.25, 0.3) is 0 Å². The fourth-order valence-corrected chi connectivity index (χ4v) is 7.03. The van der Waals surface area contributed by atoms with Gasteiger partial charge in [0.25, 0.3) is 0 Å². The van der Waals surface area contributed by atoms with Crippen molar-refractivity contribution in [3.63, 3.8) is 0 Å². The van der Waals surface area contributed by atoms with Crippen molar-refractivity contribution in [3.8, 4) is 0 Å². The molecule has 148 valence electrons. The molecule has 8 atom stereocenters. The van der Waals surface area contributed by atoms with Crippen molar-refractivity contribution in [2.45, 2.75) is 100 Å². The molecular formula is C25H48. The molecule has 2 saturated carbocycles. The molecule has 0 heteroatoms. The Morgan fingerprint density at radius 2 is 1.08 bits per heavy atom. The molecule has 0 nitrogen and oxygen atoms in total. The summed E-state index contributed by atoms with van der Waals surface area (Å²) in [7, 11) is 0. The van der Waals surface area contributed by atoms with Crippen LogP contribution in [-0.2, 0) is 0 Å². The molecule has 2 rings (SSSR count). The lowest BCUT2D eigenvalue weighted by atomic mass is 9.57. The molecule has 0 spiro atoms. The summed E-state index contributed by atoms with van der Waals surface area (Å²) in [5.74, 6) is 9.39. The fourth-order valence-electron chi connectivity index (χ4n) is 7.03. The summed E-state index contributed by atoms with van der Waals surface area (Å²) in [5, 5.41) is 0. The van der Waals surface area contributed by atoms with Crippen LogP contribution in [0.5, 0.6) is 0 Å². The van der Waals surface area contributed by atoms with Crippen LogP contribution in [0.4, 0.5) is 0 Å². The summed E-state index contributed by atoms with van der Waals surface area (Å²) in [6.07, 6.45) is 10.3. The first-order valence-corrected chi connectivity index (χ1v) is 11.8. The van der Waals surface area contributed by atoms with E-state index < -0.39 is 0 Å². The molecule has 0 aliphatic heterocycles.